The SMILES string of the molecule is CC(CC1CCCCN1)NCc1cc(Br)cc2c1OCC2. The van der Waals surface area contributed by atoms with Gasteiger partial charge in [-0.05, 0) is 50.4 Å². The number of ether oxygens (including phenoxy) is 1. The van der Waals surface area contributed by atoms with Crippen LogP contribution in [-0.2, 0) is 13.0 Å². The van der Waals surface area contributed by atoms with Crippen LogP contribution >= 0.6 is 15.9 Å². The number of hydrogen-bond donors (Lipinski definition) is 2. The first-order valence-electron chi connectivity index (χ1n) is 8.13. The molecule has 1 aromatic carbocycles. The van der Waals surface area contributed by atoms with Crippen LogP contribution in [0.4, 0.5) is 0 Å². The molecule has 0 bridgehead atoms. The molecule has 2 atom stereocenters. The van der Waals surface area contributed by atoms with Crippen LogP contribution in [0, 0.1) is 0 Å². The monoisotopic (exact) mass is 352 g/mol. The van der Waals surface area contributed by atoms with Crippen molar-refractivity contribution in [3.8, 4) is 5.75 Å². The maximum atomic E-state index is 5.79. The van der Waals surface area contributed by atoms with Crippen molar-refractivity contribution >= 4 is 15.9 Å². The summed E-state index contributed by atoms with van der Waals surface area (Å²) in [6.07, 6.45) is 6.26. The van der Waals surface area contributed by atoms with E-state index in [1.165, 1.54) is 43.4 Å². The van der Waals surface area contributed by atoms with Crippen molar-refractivity contribution < 1.29 is 4.74 Å². The average molecular weight is 353 g/mol. The van der Waals surface area contributed by atoms with E-state index in [-0.39, 0.29) is 0 Å². The van der Waals surface area contributed by atoms with E-state index >= 15 is 0 Å². The van der Waals surface area contributed by atoms with E-state index < -0.39 is 0 Å². The first kappa shape index (κ1) is 15.3. The fourth-order valence-corrected chi connectivity index (χ4v) is 3.95. The summed E-state index contributed by atoms with van der Waals surface area (Å²) in [5.74, 6) is 1.11. The summed E-state index contributed by atoms with van der Waals surface area (Å²) in [4.78, 5) is 0. The van der Waals surface area contributed by atoms with E-state index in [0.29, 0.717) is 12.1 Å². The quantitative estimate of drug-likeness (QED) is 0.851. The van der Waals surface area contributed by atoms with Gasteiger partial charge in [-0.15, -0.1) is 0 Å². The lowest BCUT2D eigenvalue weighted by atomic mass is 9.98. The predicted molar refractivity (Wildman–Crippen MR) is 89.9 cm³/mol. The third kappa shape index (κ3) is 3.99. The second-order valence-electron chi connectivity index (χ2n) is 6.32. The van der Waals surface area contributed by atoms with Gasteiger partial charge in [-0.3, -0.25) is 0 Å². The average Bonchev–Trinajstić information content (AvgIpc) is 2.94. The molecule has 116 valence electrons. The standard InChI is InChI=1S/C17H25BrN2O/c1-12(8-16-4-2-3-6-19-16)20-11-14-10-15(18)9-13-5-7-21-17(13)14/h9-10,12,16,19-20H,2-8,11H2,1H3. The highest BCUT2D eigenvalue weighted by molar-refractivity contribution is 9.10. The van der Waals surface area contributed by atoms with Crippen LogP contribution in [0.3, 0.4) is 0 Å². The molecule has 0 aliphatic carbocycles. The Bertz CT molecular complexity index is 486. The molecule has 2 unspecified atom stereocenters. The number of hydrogen-bond acceptors (Lipinski definition) is 3. The van der Waals surface area contributed by atoms with Crippen molar-refractivity contribution in [2.45, 2.75) is 57.7 Å². The highest BCUT2D eigenvalue weighted by atomic mass is 79.9. The van der Waals surface area contributed by atoms with E-state index in [1.54, 1.807) is 0 Å². The van der Waals surface area contributed by atoms with Gasteiger partial charge in [0.25, 0.3) is 0 Å². The molecule has 0 radical (unpaired) electrons. The molecule has 0 saturated carbocycles. The van der Waals surface area contributed by atoms with Crippen molar-refractivity contribution in [3.63, 3.8) is 0 Å². The molecule has 4 heteroatoms. The van der Waals surface area contributed by atoms with Crippen molar-refractivity contribution in [3.05, 3.63) is 27.7 Å². The van der Waals surface area contributed by atoms with Gasteiger partial charge in [0.1, 0.15) is 5.75 Å². The molecule has 2 heterocycles. The Hall–Kier alpha value is -0.580. The highest BCUT2D eigenvalue weighted by Crippen LogP contribution is 2.33. The van der Waals surface area contributed by atoms with Crippen LogP contribution in [0.25, 0.3) is 0 Å². The minimum atomic E-state index is 0.525. The second kappa shape index (κ2) is 7.12. The topological polar surface area (TPSA) is 33.3 Å². The van der Waals surface area contributed by atoms with Gasteiger partial charge in [-0.1, -0.05) is 22.4 Å². The van der Waals surface area contributed by atoms with Gasteiger partial charge < -0.3 is 15.4 Å². The Morgan fingerprint density at radius 2 is 2.33 bits per heavy atom. The molecule has 0 amide bonds. The molecule has 1 fully saturated rings. The van der Waals surface area contributed by atoms with Crippen LogP contribution in [0.5, 0.6) is 5.75 Å². The van der Waals surface area contributed by atoms with E-state index in [2.05, 4.69) is 45.6 Å². The minimum Gasteiger partial charge on any atom is -0.493 e. The molecule has 0 spiro atoms. The molecule has 3 nitrogen and oxygen atoms in total. The molecule has 21 heavy (non-hydrogen) atoms. The summed E-state index contributed by atoms with van der Waals surface area (Å²) in [5, 5.41) is 7.29. The summed E-state index contributed by atoms with van der Waals surface area (Å²) in [7, 11) is 0. The van der Waals surface area contributed by atoms with Crippen molar-refractivity contribution in [2.75, 3.05) is 13.2 Å². The zero-order valence-electron chi connectivity index (χ0n) is 12.8. The van der Waals surface area contributed by atoms with Gasteiger partial charge in [0, 0.05) is 35.1 Å². The van der Waals surface area contributed by atoms with Crippen molar-refractivity contribution in [2.24, 2.45) is 0 Å². The molecule has 2 aliphatic heterocycles. The van der Waals surface area contributed by atoms with E-state index in [0.717, 1.165) is 29.8 Å². The number of benzene rings is 1. The van der Waals surface area contributed by atoms with Crippen LogP contribution < -0.4 is 15.4 Å². The van der Waals surface area contributed by atoms with Gasteiger partial charge in [-0.25, -0.2) is 0 Å². The van der Waals surface area contributed by atoms with Gasteiger partial charge in [0.05, 0.1) is 6.61 Å². The summed E-state index contributed by atoms with van der Waals surface area (Å²) in [5.41, 5.74) is 2.61. The van der Waals surface area contributed by atoms with E-state index in [9.17, 15) is 0 Å². The smallest absolute Gasteiger partial charge is 0.127 e. The van der Waals surface area contributed by atoms with Crippen LogP contribution in [0.1, 0.15) is 43.7 Å². The first-order valence-corrected chi connectivity index (χ1v) is 8.92. The van der Waals surface area contributed by atoms with E-state index in [1.807, 2.05) is 0 Å². The number of fused-ring (bicyclic) bond motifs is 1. The molecule has 1 aromatic rings. The van der Waals surface area contributed by atoms with Gasteiger partial charge in [-0.2, -0.15) is 0 Å². The summed E-state index contributed by atoms with van der Waals surface area (Å²) in [6.45, 7) is 5.18. The second-order valence-corrected chi connectivity index (χ2v) is 7.23. The Morgan fingerprint density at radius 1 is 1.43 bits per heavy atom. The summed E-state index contributed by atoms with van der Waals surface area (Å²) in [6, 6.07) is 5.58. The number of halogens is 1. The molecule has 2 N–H and O–H groups in total. The van der Waals surface area contributed by atoms with Gasteiger partial charge in [0.15, 0.2) is 0 Å². The number of piperidine rings is 1. The van der Waals surface area contributed by atoms with Gasteiger partial charge >= 0.3 is 0 Å². The Labute approximate surface area is 136 Å². The third-order valence-electron chi connectivity index (χ3n) is 4.52. The maximum absolute atomic E-state index is 5.79. The largest absolute Gasteiger partial charge is 0.493 e. The normalized spacial score (nSPS) is 22.7. The van der Waals surface area contributed by atoms with E-state index in [4.69, 9.17) is 4.74 Å². The zero-order chi connectivity index (χ0) is 14.7. The minimum absolute atomic E-state index is 0.525. The van der Waals surface area contributed by atoms with Crippen LogP contribution in [0.15, 0.2) is 16.6 Å². The highest BCUT2D eigenvalue weighted by Gasteiger charge is 2.19. The third-order valence-corrected chi connectivity index (χ3v) is 4.97. The molecule has 1 saturated heterocycles. The molecule has 2 aliphatic rings. The molecular formula is C17H25BrN2O. The number of nitrogens with one attached hydrogen (secondary N) is 2. The lowest BCUT2D eigenvalue weighted by Crippen LogP contribution is -2.39. The molecular weight excluding hydrogens is 328 g/mol. The summed E-state index contributed by atoms with van der Waals surface area (Å²) >= 11 is 3.61. The first-order chi connectivity index (χ1) is 10.2. The molecule has 3 rings (SSSR count). The Kier molecular flexibility index (Phi) is 5.19. The lowest BCUT2D eigenvalue weighted by Gasteiger charge is -2.26. The fourth-order valence-electron chi connectivity index (χ4n) is 3.40. The Balaban J connectivity index is 1.55. The van der Waals surface area contributed by atoms with Crippen molar-refractivity contribution in [1.29, 1.82) is 0 Å². The lowest BCUT2D eigenvalue weighted by molar-refractivity contribution is 0.338. The van der Waals surface area contributed by atoms with Crippen LogP contribution in [-0.4, -0.2) is 25.2 Å². The predicted octanol–water partition coefficient (Wildman–Crippen LogP) is 3.39. The van der Waals surface area contributed by atoms with Crippen LogP contribution in [0.2, 0.25) is 0 Å². The fraction of sp³-hybridized carbons (Fsp3) is 0.647. The van der Waals surface area contributed by atoms with Crippen molar-refractivity contribution in [1.82, 2.24) is 10.6 Å². The summed E-state index contributed by atoms with van der Waals surface area (Å²) < 4.78 is 6.95. The van der Waals surface area contributed by atoms with Gasteiger partial charge in [0.2, 0.25) is 0 Å². The Morgan fingerprint density at radius 3 is 3.14 bits per heavy atom. The molecule has 0 aromatic heterocycles. The number of rotatable bonds is 5. The maximum Gasteiger partial charge on any atom is 0.127 e. The zero-order valence-corrected chi connectivity index (χ0v) is 14.3.